The van der Waals surface area contributed by atoms with Crippen molar-refractivity contribution in [1.82, 2.24) is 19.5 Å². The number of H-pyrrole nitrogens is 1. The Morgan fingerprint density at radius 1 is 1.07 bits per heavy atom. The summed E-state index contributed by atoms with van der Waals surface area (Å²) in [6, 6.07) is 8.16. The van der Waals surface area contributed by atoms with E-state index in [1.807, 2.05) is 12.1 Å². The largest absolute Gasteiger partial charge is 0.325 e. The molecule has 0 saturated heterocycles. The Morgan fingerprint density at radius 2 is 1.75 bits per heavy atom. The lowest BCUT2D eigenvalue weighted by Crippen LogP contribution is -2.19. The number of imidazole rings is 1. The lowest BCUT2D eigenvalue weighted by molar-refractivity contribution is 0.276. The molecule has 0 aliphatic heterocycles. The number of fused-ring (bicyclic) bond motifs is 1. The Bertz CT molecular complexity index is 1060. The van der Waals surface area contributed by atoms with E-state index in [4.69, 9.17) is 9.79 Å². The monoisotopic (exact) mass is 402 g/mol. The third-order valence-electron chi connectivity index (χ3n) is 5.54. The molecule has 1 fully saturated rings. The van der Waals surface area contributed by atoms with E-state index in [0.717, 1.165) is 37.8 Å². The van der Waals surface area contributed by atoms with Gasteiger partial charge in [0.25, 0.3) is 5.56 Å². The summed E-state index contributed by atoms with van der Waals surface area (Å²) in [5.41, 5.74) is 2.72. The Kier molecular flexibility index (Phi) is 5.19. The van der Waals surface area contributed by atoms with Gasteiger partial charge in [-0.15, -0.1) is 0 Å². The van der Waals surface area contributed by atoms with E-state index in [1.165, 1.54) is 11.9 Å². The van der Waals surface area contributed by atoms with Crippen LogP contribution in [0.15, 0.2) is 41.7 Å². The van der Waals surface area contributed by atoms with Crippen LogP contribution in [0.5, 0.6) is 0 Å². The molecule has 3 aromatic rings. The van der Waals surface area contributed by atoms with Crippen LogP contribution in [0.25, 0.3) is 16.9 Å². The topological polar surface area (TPSA) is 121 Å². The van der Waals surface area contributed by atoms with Gasteiger partial charge in [-0.1, -0.05) is 12.1 Å². The fourth-order valence-corrected chi connectivity index (χ4v) is 5.15. The lowest BCUT2D eigenvalue weighted by Gasteiger charge is -2.28. The molecule has 8 nitrogen and oxygen atoms in total. The summed E-state index contributed by atoms with van der Waals surface area (Å²) in [6.07, 6.45) is 7.74. The molecule has 4 rings (SSSR count). The van der Waals surface area contributed by atoms with Gasteiger partial charge in [0, 0.05) is 5.69 Å². The van der Waals surface area contributed by atoms with Crippen LogP contribution in [0.1, 0.15) is 31.2 Å². The summed E-state index contributed by atoms with van der Waals surface area (Å²) >= 11 is 0. The van der Waals surface area contributed by atoms with Crippen molar-refractivity contribution in [2.24, 2.45) is 11.8 Å². The number of hydrogen-bond donors (Lipinski definition) is 3. The summed E-state index contributed by atoms with van der Waals surface area (Å²) in [6.45, 7) is 0. The predicted octanol–water partition coefficient (Wildman–Crippen LogP) is 2.64. The molecule has 2 aromatic heterocycles. The molecule has 2 heterocycles. The van der Waals surface area contributed by atoms with Crippen molar-refractivity contribution in [3.63, 3.8) is 0 Å². The van der Waals surface area contributed by atoms with E-state index < -0.39 is 7.60 Å². The Hall–Kier alpha value is -2.28. The molecule has 1 aromatic carbocycles. The fourth-order valence-electron chi connectivity index (χ4n) is 4.12. The van der Waals surface area contributed by atoms with Gasteiger partial charge in [0.05, 0.1) is 12.5 Å². The van der Waals surface area contributed by atoms with Gasteiger partial charge < -0.3 is 14.8 Å². The molecule has 0 bridgehead atoms. The Morgan fingerprint density at radius 3 is 2.43 bits per heavy atom. The van der Waals surface area contributed by atoms with E-state index in [-0.39, 0.29) is 17.6 Å². The molecule has 28 heavy (non-hydrogen) atoms. The lowest BCUT2D eigenvalue weighted by atomic mass is 9.80. The normalized spacial score (nSPS) is 20.5. The van der Waals surface area contributed by atoms with Crippen LogP contribution in [0, 0.1) is 11.8 Å². The number of aromatic amines is 1. The van der Waals surface area contributed by atoms with Gasteiger partial charge >= 0.3 is 7.60 Å². The summed E-state index contributed by atoms with van der Waals surface area (Å²) < 4.78 is 13.0. The highest BCUT2D eigenvalue weighted by Crippen LogP contribution is 2.42. The van der Waals surface area contributed by atoms with Crippen LogP contribution in [-0.2, 0) is 11.0 Å². The number of nitrogens with one attached hydrogen (secondary N) is 1. The third-order valence-corrected chi connectivity index (χ3v) is 6.53. The van der Waals surface area contributed by atoms with E-state index in [0.29, 0.717) is 17.1 Å². The van der Waals surface area contributed by atoms with E-state index in [2.05, 4.69) is 27.1 Å². The zero-order valence-electron chi connectivity index (χ0n) is 15.4. The molecule has 0 radical (unpaired) electrons. The van der Waals surface area contributed by atoms with Gasteiger partial charge in [0.1, 0.15) is 6.33 Å². The predicted molar refractivity (Wildman–Crippen MR) is 106 cm³/mol. The molecule has 0 atom stereocenters. The highest BCUT2D eigenvalue weighted by molar-refractivity contribution is 7.51. The molecule has 1 aliphatic carbocycles. The Balaban J connectivity index is 1.41. The van der Waals surface area contributed by atoms with Crippen LogP contribution in [-0.4, -0.2) is 35.5 Å². The average molecular weight is 402 g/mol. The van der Waals surface area contributed by atoms with Crippen LogP contribution in [0.4, 0.5) is 0 Å². The standard InChI is InChI=1S/C19H23N4O4P/c24-19-17-18(20-11-21-19)23(12-22-17)16-7-5-14(6-8-16)9-13-1-3-15(4-2-13)10-28(25,26)27/h5-8,11-13,15H,1-4,9-10H2,(H,20,21,24)(H2,25,26,27). The van der Waals surface area contributed by atoms with Crippen LogP contribution < -0.4 is 5.56 Å². The second-order valence-electron chi connectivity index (χ2n) is 7.62. The fraction of sp³-hybridized carbons (Fsp3) is 0.421. The molecule has 148 valence electrons. The third kappa shape index (κ3) is 4.24. The summed E-state index contributed by atoms with van der Waals surface area (Å²) in [5.74, 6) is 0.692. The zero-order valence-corrected chi connectivity index (χ0v) is 16.3. The van der Waals surface area contributed by atoms with Gasteiger partial charge in [0.2, 0.25) is 0 Å². The highest BCUT2D eigenvalue weighted by Gasteiger charge is 2.27. The van der Waals surface area contributed by atoms with Gasteiger partial charge in [0.15, 0.2) is 11.2 Å². The van der Waals surface area contributed by atoms with Gasteiger partial charge in [-0.3, -0.25) is 13.9 Å². The van der Waals surface area contributed by atoms with E-state index in [9.17, 15) is 9.36 Å². The van der Waals surface area contributed by atoms with Gasteiger partial charge in [-0.25, -0.2) is 9.97 Å². The first-order chi connectivity index (χ1) is 13.4. The molecule has 9 heteroatoms. The first-order valence-electron chi connectivity index (χ1n) is 9.44. The molecule has 0 amide bonds. The maximum Gasteiger partial charge on any atom is 0.325 e. The van der Waals surface area contributed by atoms with Crippen molar-refractivity contribution in [3.8, 4) is 5.69 Å². The quantitative estimate of drug-likeness (QED) is 0.564. The minimum atomic E-state index is -3.90. The van der Waals surface area contributed by atoms with Crippen molar-refractivity contribution in [2.75, 3.05) is 6.16 Å². The number of hydrogen-bond acceptors (Lipinski definition) is 4. The number of benzene rings is 1. The zero-order chi connectivity index (χ0) is 19.7. The van der Waals surface area contributed by atoms with Crippen molar-refractivity contribution in [2.45, 2.75) is 32.1 Å². The van der Waals surface area contributed by atoms with Crippen LogP contribution >= 0.6 is 7.60 Å². The maximum atomic E-state index is 11.8. The summed E-state index contributed by atoms with van der Waals surface area (Å²) in [7, 11) is -3.90. The first-order valence-corrected chi connectivity index (χ1v) is 11.2. The SMILES string of the molecule is O=c1[nH]cnc2c1ncn2-c1ccc(CC2CCC(CP(=O)(O)O)CC2)cc1. The summed E-state index contributed by atoms with van der Waals surface area (Å²) in [5, 5.41) is 0. The molecular formula is C19H23N4O4P. The molecular weight excluding hydrogens is 379 g/mol. The molecule has 3 N–H and O–H groups in total. The van der Waals surface area contributed by atoms with E-state index in [1.54, 1.807) is 10.9 Å². The van der Waals surface area contributed by atoms with Crippen molar-refractivity contribution in [3.05, 3.63) is 52.8 Å². The van der Waals surface area contributed by atoms with Crippen LogP contribution in [0.3, 0.4) is 0 Å². The maximum absolute atomic E-state index is 11.8. The molecule has 1 aliphatic rings. The Labute approximate surface area is 161 Å². The second kappa shape index (κ2) is 7.62. The molecule has 0 unspecified atom stereocenters. The van der Waals surface area contributed by atoms with Gasteiger partial charge in [-0.2, -0.15) is 0 Å². The number of rotatable bonds is 5. The van der Waals surface area contributed by atoms with Crippen LogP contribution in [0.2, 0.25) is 0 Å². The van der Waals surface area contributed by atoms with E-state index >= 15 is 0 Å². The first kappa shape index (κ1) is 19.1. The van der Waals surface area contributed by atoms with Crippen molar-refractivity contribution >= 4 is 18.8 Å². The number of nitrogens with zero attached hydrogens (tertiary/aromatic N) is 3. The highest BCUT2D eigenvalue weighted by atomic mass is 31.2. The molecule has 0 spiro atoms. The minimum Gasteiger partial charge on any atom is -0.324 e. The minimum absolute atomic E-state index is 0.0180. The average Bonchev–Trinajstić information content (AvgIpc) is 3.08. The second-order valence-corrected chi connectivity index (χ2v) is 9.32. The van der Waals surface area contributed by atoms with Gasteiger partial charge in [-0.05, 0) is 61.6 Å². The number of aromatic nitrogens is 4. The smallest absolute Gasteiger partial charge is 0.324 e. The van der Waals surface area contributed by atoms with Crippen molar-refractivity contribution in [1.29, 1.82) is 0 Å². The molecule has 1 saturated carbocycles. The summed E-state index contributed by atoms with van der Waals surface area (Å²) in [4.78, 5) is 40.9. The van der Waals surface area contributed by atoms with Crippen molar-refractivity contribution < 1.29 is 14.4 Å².